The second-order valence-corrected chi connectivity index (χ2v) is 7.26. The van der Waals surface area contributed by atoms with Crippen LogP contribution in [0.25, 0.3) is 0 Å². The fraction of sp³-hybridized carbons (Fsp3) is 1.00. The molecule has 90 valence electrons. The molecule has 3 unspecified atom stereocenters. The smallest absolute Gasteiger partial charge is 0.0226 e. The maximum absolute atomic E-state index is 3.75. The van der Waals surface area contributed by atoms with E-state index >= 15 is 0 Å². The summed E-state index contributed by atoms with van der Waals surface area (Å²) < 4.78 is 0. The number of thioether (sulfide) groups is 1. The molecule has 1 fully saturated rings. The Labute approximate surface area is 99.8 Å². The van der Waals surface area contributed by atoms with Gasteiger partial charge in [-0.15, -0.1) is 0 Å². The molecule has 3 atom stereocenters. The van der Waals surface area contributed by atoms with Crippen molar-refractivity contribution >= 4 is 11.8 Å². The van der Waals surface area contributed by atoms with Crippen LogP contribution in [0.4, 0.5) is 0 Å². The van der Waals surface area contributed by atoms with Crippen LogP contribution in [0.15, 0.2) is 0 Å². The Hall–Kier alpha value is 0.310. The molecular weight excluding hydrogens is 202 g/mol. The van der Waals surface area contributed by atoms with E-state index in [0.717, 1.165) is 28.4 Å². The van der Waals surface area contributed by atoms with Crippen molar-refractivity contribution < 1.29 is 0 Å². The van der Waals surface area contributed by atoms with E-state index in [0.29, 0.717) is 0 Å². The summed E-state index contributed by atoms with van der Waals surface area (Å²) >= 11 is 2.20. The van der Waals surface area contributed by atoms with Crippen molar-refractivity contribution in [3.05, 3.63) is 0 Å². The minimum Gasteiger partial charge on any atom is -0.313 e. The quantitative estimate of drug-likeness (QED) is 0.794. The van der Waals surface area contributed by atoms with Gasteiger partial charge >= 0.3 is 0 Å². The molecular formula is C13H27NS. The molecule has 0 bridgehead atoms. The van der Waals surface area contributed by atoms with Gasteiger partial charge in [-0.05, 0) is 31.2 Å². The highest BCUT2D eigenvalue weighted by molar-refractivity contribution is 8.00. The maximum atomic E-state index is 3.75. The lowest BCUT2D eigenvalue weighted by atomic mass is 9.95. The molecule has 1 saturated heterocycles. The molecule has 15 heavy (non-hydrogen) atoms. The van der Waals surface area contributed by atoms with E-state index in [2.05, 4.69) is 51.7 Å². The molecule has 0 radical (unpaired) electrons. The molecule has 0 spiro atoms. The summed E-state index contributed by atoms with van der Waals surface area (Å²) in [5.41, 5.74) is 0. The molecule has 0 saturated carbocycles. The summed E-state index contributed by atoms with van der Waals surface area (Å²) in [6, 6.07) is 0.722. The Morgan fingerprint density at radius 1 is 1.27 bits per heavy atom. The monoisotopic (exact) mass is 229 g/mol. The first kappa shape index (κ1) is 13.4. The van der Waals surface area contributed by atoms with Crippen LogP contribution in [-0.2, 0) is 0 Å². The van der Waals surface area contributed by atoms with Gasteiger partial charge < -0.3 is 5.32 Å². The van der Waals surface area contributed by atoms with Gasteiger partial charge in [-0.25, -0.2) is 0 Å². The fourth-order valence-electron chi connectivity index (χ4n) is 2.37. The van der Waals surface area contributed by atoms with Crippen LogP contribution < -0.4 is 5.32 Å². The molecule has 0 aromatic rings. The van der Waals surface area contributed by atoms with Crippen LogP contribution in [0.5, 0.6) is 0 Å². The standard InChI is InChI=1S/C13H27NS/c1-9(2)8-12-13(10(3)4)15-11(5)6-7-14-12/h9-14H,6-8H2,1-5H3. The Morgan fingerprint density at radius 2 is 1.93 bits per heavy atom. The highest BCUT2D eigenvalue weighted by Gasteiger charge is 2.29. The fourth-order valence-corrected chi connectivity index (χ4v) is 3.87. The zero-order chi connectivity index (χ0) is 11.4. The molecule has 1 rings (SSSR count). The first-order valence-electron chi connectivity index (χ1n) is 6.39. The van der Waals surface area contributed by atoms with Gasteiger partial charge in [-0.2, -0.15) is 11.8 Å². The zero-order valence-corrected chi connectivity index (χ0v) is 11.7. The van der Waals surface area contributed by atoms with Gasteiger partial charge in [0, 0.05) is 16.5 Å². The first-order valence-corrected chi connectivity index (χ1v) is 7.33. The van der Waals surface area contributed by atoms with Crippen molar-refractivity contribution in [2.75, 3.05) is 6.54 Å². The third-order valence-electron chi connectivity index (χ3n) is 3.13. The molecule has 2 heteroatoms. The van der Waals surface area contributed by atoms with Gasteiger partial charge in [0.2, 0.25) is 0 Å². The molecule has 0 aliphatic carbocycles. The largest absolute Gasteiger partial charge is 0.313 e. The number of hydrogen-bond acceptors (Lipinski definition) is 2. The Morgan fingerprint density at radius 3 is 2.47 bits per heavy atom. The van der Waals surface area contributed by atoms with Gasteiger partial charge in [-0.1, -0.05) is 34.6 Å². The number of hydrogen-bond donors (Lipinski definition) is 1. The first-order chi connectivity index (χ1) is 7.00. The minimum atomic E-state index is 0.722. The number of nitrogens with one attached hydrogen (secondary N) is 1. The van der Waals surface area contributed by atoms with Gasteiger partial charge in [0.25, 0.3) is 0 Å². The molecule has 0 aromatic carbocycles. The predicted octanol–water partition coefficient (Wildman–Crippen LogP) is 3.54. The summed E-state index contributed by atoms with van der Waals surface area (Å²) in [5, 5.41) is 5.37. The summed E-state index contributed by atoms with van der Waals surface area (Å²) in [6.07, 6.45) is 2.64. The van der Waals surface area contributed by atoms with Crippen molar-refractivity contribution in [3.8, 4) is 0 Å². The number of rotatable bonds is 3. The zero-order valence-electron chi connectivity index (χ0n) is 10.9. The normalized spacial score (nSPS) is 33.4. The van der Waals surface area contributed by atoms with Crippen LogP contribution >= 0.6 is 11.8 Å². The molecule has 0 aromatic heterocycles. The van der Waals surface area contributed by atoms with Crippen molar-refractivity contribution in [1.82, 2.24) is 5.32 Å². The van der Waals surface area contributed by atoms with E-state index in [-0.39, 0.29) is 0 Å². The summed E-state index contributed by atoms with van der Waals surface area (Å²) in [4.78, 5) is 0. The van der Waals surface area contributed by atoms with Crippen LogP contribution in [-0.4, -0.2) is 23.1 Å². The summed E-state index contributed by atoms with van der Waals surface area (Å²) in [5.74, 6) is 1.59. The van der Waals surface area contributed by atoms with Gasteiger partial charge in [0.05, 0.1) is 0 Å². The summed E-state index contributed by atoms with van der Waals surface area (Å²) in [6.45, 7) is 13.0. The van der Waals surface area contributed by atoms with Crippen molar-refractivity contribution in [2.45, 2.75) is 64.0 Å². The molecule has 1 aliphatic rings. The molecule has 1 heterocycles. The van der Waals surface area contributed by atoms with Crippen molar-refractivity contribution in [1.29, 1.82) is 0 Å². The second kappa shape index (κ2) is 6.15. The third-order valence-corrected chi connectivity index (χ3v) is 5.01. The van der Waals surface area contributed by atoms with Crippen molar-refractivity contribution in [3.63, 3.8) is 0 Å². The van der Waals surface area contributed by atoms with E-state index in [9.17, 15) is 0 Å². The average Bonchev–Trinajstić information content (AvgIpc) is 2.27. The van der Waals surface area contributed by atoms with Crippen molar-refractivity contribution in [2.24, 2.45) is 11.8 Å². The Bertz CT molecular complexity index is 179. The molecule has 1 N–H and O–H groups in total. The highest BCUT2D eigenvalue weighted by Crippen LogP contribution is 2.32. The highest BCUT2D eigenvalue weighted by atomic mass is 32.2. The van der Waals surface area contributed by atoms with Crippen LogP contribution in [0.2, 0.25) is 0 Å². The maximum Gasteiger partial charge on any atom is 0.0226 e. The second-order valence-electron chi connectivity index (χ2n) is 5.63. The van der Waals surface area contributed by atoms with E-state index < -0.39 is 0 Å². The van der Waals surface area contributed by atoms with E-state index in [1.165, 1.54) is 19.4 Å². The predicted molar refractivity (Wildman–Crippen MR) is 71.5 cm³/mol. The van der Waals surface area contributed by atoms with Gasteiger partial charge in [0.1, 0.15) is 0 Å². The lowest BCUT2D eigenvalue weighted by Gasteiger charge is -2.30. The van der Waals surface area contributed by atoms with Gasteiger partial charge in [0.15, 0.2) is 0 Å². The van der Waals surface area contributed by atoms with Gasteiger partial charge in [-0.3, -0.25) is 0 Å². The minimum absolute atomic E-state index is 0.722. The van der Waals surface area contributed by atoms with E-state index in [1.807, 2.05) is 0 Å². The van der Waals surface area contributed by atoms with Crippen LogP contribution in [0.1, 0.15) is 47.5 Å². The summed E-state index contributed by atoms with van der Waals surface area (Å²) in [7, 11) is 0. The van der Waals surface area contributed by atoms with E-state index in [4.69, 9.17) is 0 Å². The van der Waals surface area contributed by atoms with E-state index in [1.54, 1.807) is 0 Å². The SMILES string of the molecule is CC(C)CC1NCCC(C)SC1C(C)C. The Balaban J connectivity index is 2.62. The van der Waals surface area contributed by atoms with Crippen LogP contribution in [0.3, 0.4) is 0 Å². The topological polar surface area (TPSA) is 12.0 Å². The third kappa shape index (κ3) is 4.36. The molecule has 1 aliphatic heterocycles. The molecule has 0 amide bonds. The Kier molecular flexibility index (Phi) is 5.48. The lowest BCUT2D eigenvalue weighted by molar-refractivity contribution is 0.376. The van der Waals surface area contributed by atoms with Crippen LogP contribution in [0, 0.1) is 11.8 Å². The lowest BCUT2D eigenvalue weighted by Crippen LogP contribution is -2.40. The average molecular weight is 229 g/mol. The molecule has 1 nitrogen and oxygen atoms in total.